The van der Waals surface area contributed by atoms with Gasteiger partial charge in [-0.05, 0) is 79.3 Å². The Morgan fingerprint density at radius 1 is 0.839 bits per heavy atom. The van der Waals surface area contributed by atoms with Crippen LogP contribution in [0.3, 0.4) is 0 Å². The summed E-state index contributed by atoms with van der Waals surface area (Å²) in [5.41, 5.74) is 1.66. The molecule has 4 rings (SSSR count). The maximum atomic E-state index is 14.5. The second kappa shape index (κ2) is 9.14. The molecule has 160 valence electrons. The van der Waals surface area contributed by atoms with Crippen molar-refractivity contribution in [3.63, 3.8) is 0 Å². The fourth-order valence-electron chi connectivity index (χ4n) is 4.51. The lowest BCUT2D eigenvalue weighted by Crippen LogP contribution is -2.15. The zero-order valence-electron chi connectivity index (χ0n) is 17.5. The van der Waals surface area contributed by atoms with Crippen molar-refractivity contribution in [2.24, 2.45) is 5.92 Å². The quantitative estimate of drug-likeness (QED) is 0.299. The molecule has 0 nitrogen and oxygen atoms in total. The van der Waals surface area contributed by atoms with Gasteiger partial charge in [-0.3, -0.25) is 0 Å². The molecule has 0 N–H and O–H groups in total. The monoisotopic (exact) mass is 424 g/mol. The third kappa shape index (κ3) is 4.61. The van der Waals surface area contributed by atoms with E-state index in [0.29, 0.717) is 30.2 Å². The van der Waals surface area contributed by atoms with E-state index in [1.165, 1.54) is 12.1 Å². The number of benzene rings is 3. The normalized spacial score (nSPS) is 18.6. The molecule has 0 aromatic heterocycles. The summed E-state index contributed by atoms with van der Waals surface area (Å²) >= 11 is 0. The van der Waals surface area contributed by atoms with Gasteiger partial charge in [0.15, 0.2) is 11.6 Å². The van der Waals surface area contributed by atoms with Gasteiger partial charge in [-0.15, -0.1) is 0 Å². The fraction of sp³-hybridized carbons (Fsp3) is 0.333. The largest absolute Gasteiger partial charge is 0.207 e. The molecule has 1 aliphatic rings. The molecule has 0 bridgehead atoms. The second-order valence-corrected chi connectivity index (χ2v) is 8.34. The zero-order valence-corrected chi connectivity index (χ0v) is 17.5. The van der Waals surface area contributed by atoms with Crippen molar-refractivity contribution in [2.75, 3.05) is 0 Å². The molecule has 0 amide bonds. The summed E-state index contributed by atoms with van der Waals surface area (Å²) in [6, 6.07) is 10.6. The number of fused-ring (bicyclic) bond motifs is 1. The third-order valence-corrected chi connectivity index (χ3v) is 6.14. The summed E-state index contributed by atoms with van der Waals surface area (Å²) in [6.45, 7) is 1.99. The van der Waals surface area contributed by atoms with E-state index in [1.807, 2.05) is 6.92 Å². The Morgan fingerprint density at radius 2 is 1.55 bits per heavy atom. The standard InChI is InChI=1S/C27H24F4/c1-2-3-19-15-24(29)26(25(30)16-19)20-9-6-17(7-10-20)4-5-18-8-12-22-21(14-18)11-13-23(28)27(22)31/h8,11-17,20H,2-3,6-7,9-10H2,1H3. The fourth-order valence-corrected chi connectivity index (χ4v) is 4.51. The molecule has 0 aliphatic heterocycles. The van der Waals surface area contributed by atoms with Gasteiger partial charge < -0.3 is 0 Å². The summed E-state index contributed by atoms with van der Waals surface area (Å²) in [5.74, 6) is 3.83. The summed E-state index contributed by atoms with van der Waals surface area (Å²) < 4.78 is 56.3. The van der Waals surface area contributed by atoms with Crippen LogP contribution < -0.4 is 0 Å². The van der Waals surface area contributed by atoms with E-state index >= 15 is 0 Å². The van der Waals surface area contributed by atoms with Crippen molar-refractivity contribution in [2.45, 2.75) is 51.4 Å². The Hall–Kier alpha value is -2.80. The molecule has 4 heteroatoms. The number of hydrogen-bond donors (Lipinski definition) is 0. The van der Waals surface area contributed by atoms with Crippen LogP contribution in [-0.2, 0) is 6.42 Å². The van der Waals surface area contributed by atoms with Crippen molar-refractivity contribution in [1.82, 2.24) is 0 Å². The van der Waals surface area contributed by atoms with Crippen LogP contribution in [-0.4, -0.2) is 0 Å². The van der Waals surface area contributed by atoms with Crippen LogP contribution in [0.5, 0.6) is 0 Å². The van der Waals surface area contributed by atoms with Crippen molar-refractivity contribution >= 4 is 10.8 Å². The molecule has 1 fully saturated rings. The van der Waals surface area contributed by atoms with E-state index in [0.717, 1.165) is 30.9 Å². The lowest BCUT2D eigenvalue weighted by molar-refractivity contribution is 0.366. The van der Waals surface area contributed by atoms with Crippen LogP contribution >= 0.6 is 0 Å². The van der Waals surface area contributed by atoms with E-state index in [-0.39, 0.29) is 22.8 Å². The SMILES string of the molecule is CCCc1cc(F)c(C2CCC(C#Cc3ccc4c(F)c(F)ccc4c3)CC2)c(F)c1. The van der Waals surface area contributed by atoms with Gasteiger partial charge in [0, 0.05) is 22.4 Å². The highest BCUT2D eigenvalue weighted by Crippen LogP contribution is 2.38. The minimum absolute atomic E-state index is 0.118. The Labute approximate surface area is 180 Å². The van der Waals surface area contributed by atoms with E-state index in [1.54, 1.807) is 24.3 Å². The van der Waals surface area contributed by atoms with E-state index in [4.69, 9.17) is 0 Å². The van der Waals surface area contributed by atoms with Gasteiger partial charge >= 0.3 is 0 Å². The molecule has 3 aromatic carbocycles. The number of hydrogen-bond acceptors (Lipinski definition) is 0. The predicted molar refractivity (Wildman–Crippen MR) is 116 cm³/mol. The summed E-state index contributed by atoms with van der Waals surface area (Å²) in [4.78, 5) is 0. The summed E-state index contributed by atoms with van der Waals surface area (Å²) in [7, 11) is 0. The number of halogens is 4. The van der Waals surface area contributed by atoms with Crippen molar-refractivity contribution < 1.29 is 17.6 Å². The zero-order chi connectivity index (χ0) is 22.0. The first-order valence-corrected chi connectivity index (χ1v) is 10.8. The average Bonchev–Trinajstić information content (AvgIpc) is 2.75. The highest BCUT2D eigenvalue weighted by Gasteiger charge is 2.26. The molecule has 0 saturated heterocycles. The van der Waals surface area contributed by atoms with Crippen LogP contribution in [0.15, 0.2) is 42.5 Å². The highest BCUT2D eigenvalue weighted by atomic mass is 19.2. The molecule has 3 aromatic rings. The van der Waals surface area contributed by atoms with Gasteiger partial charge in [-0.25, -0.2) is 17.6 Å². The lowest BCUT2D eigenvalue weighted by atomic mass is 9.78. The average molecular weight is 424 g/mol. The molecule has 0 atom stereocenters. The summed E-state index contributed by atoms with van der Waals surface area (Å²) in [5, 5.41) is 0.840. The van der Waals surface area contributed by atoms with Gasteiger partial charge in [-0.2, -0.15) is 0 Å². The molecular weight excluding hydrogens is 400 g/mol. The molecule has 0 heterocycles. The first-order chi connectivity index (χ1) is 15.0. The van der Waals surface area contributed by atoms with Crippen LogP contribution in [0.4, 0.5) is 17.6 Å². The maximum absolute atomic E-state index is 14.5. The molecule has 0 spiro atoms. The van der Waals surface area contributed by atoms with Crippen molar-refractivity contribution in [3.8, 4) is 11.8 Å². The van der Waals surface area contributed by atoms with Gasteiger partial charge in [0.05, 0.1) is 0 Å². The Morgan fingerprint density at radius 3 is 2.23 bits per heavy atom. The van der Waals surface area contributed by atoms with E-state index in [2.05, 4.69) is 11.8 Å². The molecular formula is C27H24F4. The molecule has 31 heavy (non-hydrogen) atoms. The molecule has 0 radical (unpaired) electrons. The predicted octanol–water partition coefficient (Wildman–Crippen LogP) is 7.67. The smallest absolute Gasteiger partial charge is 0.166 e. The maximum Gasteiger partial charge on any atom is 0.166 e. The van der Waals surface area contributed by atoms with Crippen molar-refractivity contribution in [3.05, 3.63) is 82.4 Å². The summed E-state index contributed by atoms with van der Waals surface area (Å²) in [6.07, 6.45) is 4.48. The molecule has 1 saturated carbocycles. The minimum Gasteiger partial charge on any atom is -0.207 e. The first kappa shape index (κ1) is 21.4. The van der Waals surface area contributed by atoms with Crippen LogP contribution in [0.25, 0.3) is 10.8 Å². The molecule has 1 aliphatic carbocycles. The van der Waals surface area contributed by atoms with Gasteiger partial charge in [-0.1, -0.05) is 37.3 Å². The molecule has 0 unspecified atom stereocenters. The number of rotatable bonds is 3. The second-order valence-electron chi connectivity index (χ2n) is 8.34. The Balaban J connectivity index is 1.44. The third-order valence-electron chi connectivity index (χ3n) is 6.14. The topological polar surface area (TPSA) is 0 Å². The Bertz CT molecular complexity index is 1140. The first-order valence-electron chi connectivity index (χ1n) is 10.8. The van der Waals surface area contributed by atoms with Gasteiger partial charge in [0.1, 0.15) is 11.6 Å². The van der Waals surface area contributed by atoms with Crippen LogP contribution in [0.2, 0.25) is 0 Å². The lowest BCUT2D eigenvalue weighted by Gasteiger charge is -2.26. The number of aryl methyl sites for hydroxylation is 1. The van der Waals surface area contributed by atoms with E-state index in [9.17, 15) is 17.6 Å². The van der Waals surface area contributed by atoms with Crippen LogP contribution in [0, 0.1) is 41.0 Å². The van der Waals surface area contributed by atoms with Crippen molar-refractivity contribution in [1.29, 1.82) is 0 Å². The van der Waals surface area contributed by atoms with Gasteiger partial charge in [0.2, 0.25) is 0 Å². The van der Waals surface area contributed by atoms with Crippen LogP contribution in [0.1, 0.15) is 61.6 Å². The van der Waals surface area contributed by atoms with E-state index < -0.39 is 23.3 Å². The van der Waals surface area contributed by atoms with Gasteiger partial charge in [0.25, 0.3) is 0 Å². The Kier molecular flexibility index (Phi) is 6.32. The minimum atomic E-state index is -0.865. The highest BCUT2D eigenvalue weighted by molar-refractivity contribution is 5.84.